The lowest BCUT2D eigenvalue weighted by molar-refractivity contribution is -0.117. The van der Waals surface area contributed by atoms with E-state index < -0.39 is 21.8 Å². The molecule has 0 saturated carbocycles. The minimum Gasteiger partial charge on any atom is -0.462 e. The molecule has 0 atom stereocenters. The Balaban J connectivity index is 1.49. The number of nitrogens with zero attached hydrogens (tertiary/aromatic N) is 2. The third kappa shape index (κ3) is 5.90. The molecule has 1 saturated heterocycles. The molecule has 1 aliphatic rings. The SMILES string of the molecule is CCCOC(=O)c1ccc(NC(=O)CN2CCN(S(=O)(=O)c3ccccc3F)CC2)cc1. The number of hydrogen-bond acceptors (Lipinski definition) is 6. The van der Waals surface area contributed by atoms with Crippen LogP contribution in [-0.2, 0) is 19.6 Å². The van der Waals surface area contributed by atoms with Crippen molar-refractivity contribution in [1.29, 1.82) is 0 Å². The monoisotopic (exact) mass is 463 g/mol. The molecule has 1 amide bonds. The van der Waals surface area contributed by atoms with E-state index in [9.17, 15) is 22.4 Å². The summed E-state index contributed by atoms with van der Waals surface area (Å²) in [6.45, 7) is 3.39. The van der Waals surface area contributed by atoms with Gasteiger partial charge in [0.25, 0.3) is 0 Å². The number of benzene rings is 2. The molecule has 0 aromatic heterocycles. The quantitative estimate of drug-likeness (QED) is 0.604. The van der Waals surface area contributed by atoms with Gasteiger partial charge in [-0.2, -0.15) is 4.31 Å². The normalized spacial score (nSPS) is 15.3. The molecule has 1 heterocycles. The van der Waals surface area contributed by atoms with Crippen LogP contribution in [0.5, 0.6) is 0 Å². The first kappa shape index (κ1) is 23.8. The topological polar surface area (TPSA) is 96.0 Å². The van der Waals surface area contributed by atoms with Crippen molar-refractivity contribution in [3.05, 3.63) is 59.9 Å². The number of rotatable bonds is 8. The molecule has 1 aliphatic heterocycles. The van der Waals surface area contributed by atoms with Gasteiger partial charge in [-0.25, -0.2) is 17.6 Å². The molecular formula is C22H26FN3O5S. The van der Waals surface area contributed by atoms with E-state index in [1.165, 1.54) is 22.5 Å². The first-order valence-electron chi connectivity index (χ1n) is 10.4. The molecule has 0 bridgehead atoms. The second-order valence-electron chi connectivity index (χ2n) is 7.37. The number of anilines is 1. The van der Waals surface area contributed by atoms with Gasteiger partial charge in [-0.05, 0) is 42.8 Å². The van der Waals surface area contributed by atoms with Gasteiger partial charge >= 0.3 is 5.97 Å². The van der Waals surface area contributed by atoms with Crippen molar-refractivity contribution in [2.24, 2.45) is 0 Å². The number of amides is 1. The molecule has 8 nitrogen and oxygen atoms in total. The molecule has 172 valence electrons. The van der Waals surface area contributed by atoms with Gasteiger partial charge in [0.2, 0.25) is 15.9 Å². The fourth-order valence-corrected chi connectivity index (χ4v) is 4.78. The molecule has 0 aliphatic carbocycles. The van der Waals surface area contributed by atoms with Crippen LogP contribution in [0.3, 0.4) is 0 Å². The maximum absolute atomic E-state index is 13.9. The van der Waals surface area contributed by atoms with E-state index in [1.807, 2.05) is 11.8 Å². The Hall–Kier alpha value is -2.82. The number of nitrogens with one attached hydrogen (secondary N) is 1. The van der Waals surface area contributed by atoms with E-state index in [2.05, 4.69) is 5.32 Å². The summed E-state index contributed by atoms with van der Waals surface area (Å²) in [6, 6.07) is 11.7. The Bertz CT molecular complexity index is 1050. The number of halogens is 1. The first-order valence-corrected chi connectivity index (χ1v) is 11.8. The molecule has 0 radical (unpaired) electrons. The Kier molecular flexibility index (Phi) is 7.94. The van der Waals surface area contributed by atoms with E-state index >= 15 is 0 Å². The fourth-order valence-electron chi connectivity index (χ4n) is 3.29. The number of carbonyl (C=O) groups is 2. The Labute approximate surface area is 187 Å². The summed E-state index contributed by atoms with van der Waals surface area (Å²) in [5, 5.41) is 2.76. The fraction of sp³-hybridized carbons (Fsp3) is 0.364. The Morgan fingerprint density at radius 3 is 2.31 bits per heavy atom. The molecule has 0 unspecified atom stereocenters. The van der Waals surface area contributed by atoms with Gasteiger partial charge in [0.05, 0.1) is 18.7 Å². The summed E-state index contributed by atoms with van der Waals surface area (Å²) in [5.74, 6) is -1.44. The highest BCUT2D eigenvalue weighted by Gasteiger charge is 2.30. The number of esters is 1. The molecule has 10 heteroatoms. The van der Waals surface area contributed by atoms with E-state index in [1.54, 1.807) is 24.3 Å². The van der Waals surface area contributed by atoms with E-state index in [-0.39, 0.29) is 30.4 Å². The van der Waals surface area contributed by atoms with Crippen molar-refractivity contribution in [2.75, 3.05) is 44.6 Å². The predicted molar refractivity (Wildman–Crippen MR) is 117 cm³/mol. The second kappa shape index (κ2) is 10.7. The van der Waals surface area contributed by atoms with Crippen LogP contribution in [0.25, 0.3) is 0 Å². The number of ether oxygens (including phenoxy) is 1. The van der Waals surface area contributed by atoms with Crippen LogP contribution < -0.4 is 5.32 Å². The highest BCUT2D eigenvalue weighted by atomic mass is 32.2. The molecule has 0 spiro atoms. The number of sulfonamides is 1. The van der Waals surface area contributed by atoms with Crippen LogP contribution in [0.1, 0.15) is 23.7 Å². The summed E-state index contributed by atoms with van der Waals surface area (Å²) in [7, 11) is -3.92. The van der Waals surface area contributed by atoms with Crippen LogP contribution >= 0.6 is 0 Å². The zero-order chi connectivity index (χ0) is 23.1. The lowest BCUT2D eigenvalue weighted by Gasteiger charge is -2.33. The average Bonchev–Trinajstić information content (AvgIpc) is 2.78. The molecule has 2 aromatic carbocycles. The van der Waals surface area contributed by atoms with Gasteiger partial charge in [-0.3, -0.25) is 9.69 Å². The number of hydrogen-bond donors (Lipinski definition) is 1. The van der Waals surface area contributed by atoms with Crippen molar-refractivity contribution in [2.45, 2.75) is 18.2 Å². The van der Waals surface area contributed by atoms with Gasteiger partial charge in [0.15, 0.2) is 0 Å². The third-order valence-electron chi connectivity index (χ3n) is 4.99. The van der Waals surface area contributed by atoms with E-state index in [4.69, 9.17) is 4.74 Å². The number of carbonyl (C=O) groups excluding carboxylic acids is 2. The zero-order valence-electron chi connectivity index (χ0n) is 17.8. The second-order valence-corrected chi connectivity index (χ2v) is 9.28. The van der Waals surface area contributed by atoms with Crippen LogP contribution in [0.15, 0.2) is 53.4 Å². The summed E-state index contributed by atoms with van der Waals surface area (Å²) in [5.41, 5.74) is 0.950. The van der Waals surface area contributed by atoms with Crippen molar-refractivity contribution >= 4 is 27.6 Å². The van der Waals surface area contributed by atoms with E-state index in [0.717, 1.165) is 12.5 Å². The van der Waals surface area contributed by atoms with Gasteiger partial charge in [0.1, 0.15) is 10.7 Å². The Morgan fingerprint density at radius 2 is 1.69 bits per heavy atom. The highest BCUT2D eigenvalue weighted by molar-refractivity contribution is 7.89. The standard InChI is InChI=1S/C22H26FN3O5S/c1-2-15-31-22(28)17-7-9-18(10-8-17)24-21(27)16-25-11-13-26(14-12-25)32(29,30)20-6-4-3-5-19(20)23/h3-10H,2,11-16H2,1H3,(H,24,27). The third-order valence-corrected chi connectivity index (χ3v) is 6.93. The van der Waals surface area contributed by atoms with Crippen molar-refractivity contribution in [3.63, 3.8) is 0 Å². The zero-order valence-corrected chi connectivity index (χ0v) is 18.6. The Morgan fingerprint density at radius 1 is 1.03 bits per heavy atom. The van der Waals surface area contributed by atoms with Crippen molar-refractivity contribution in [1.82, 2.24) is 9.21 Å². The molecule has 1 N–H and O–H groups in total. The van der Waals surface area contributed by atoms with Crippen LogP contribution in [0.2, 0.25) is 0 Å². The maximum atomic E-state index is 13.9. The average molecular weight is 464 g/mol. The lowest BCUT2D eigenvalue weighted by Crippen LogP contribution is -2.50. The van der Waals surface area contributed by atoms with Gasteiger partial charge in [-0.1, -0.05) is 19.1 Å². The molecule has 32 heavy (non-hydrogen) atoms. The van der Waals surface area contributed by atoms with Crippen LogP contribution in [0.4, 0.5) is 10.1 Å². The molecule has 2 aromatic rings. The van der Waals surface area contributed by atoms with Crippen LogP contribution in [-0.4, -0.2) is 68.8 Å². The summed E-state index contributed by atoms with van der Waals surface area (Å²) >= 11 is 0. The molecular weight excluding hydrogens is 437 g/mol. The minimum atomic E-state index is -3.92. The smallest absolute Gasteiger partial charge is 0.338 e. The summed E-state index contributed by atoms with van der Waals surface area (Å²) in [4.78, 5) is 25.7. The number of piperazine rings is 1. The minimum absolute atomic E-state index is 0.0911. The highest BCUT2D eigenvalue weighted by Crippen LogP contribution is 2.20. The van der Waals surface area contributed by atoms with Gasteiger partial charge < -0.3 is 10.1 Å². The van der Waals surface area contributed by atoms with E-state index in [0.29, 0.717) is 30.9 Å². The predicted octanol–water partition coefficient (Wildman–Crippen LogP) is 2.34. The van der Waals surface area contributed by atoms with Gasteiger partial charge in [-0.15, -0.1) is 0 Å². The van der Waals surface area contributed by atoms with Crippen molar-refractivity contribution in [3.8, 4) is 0 Å². The largest absolute Gasteiger partial charge is 0.462 e. The van der Waals surface area contributed by atoms with Gasteiger partial charge in [0, 0.05) is 31.9 Å². The maximum Gasteiger partial charge on any atom is 0.338 e. The van der Waals surface area contributed by atoms with Crippen LogP contribution in [0, 0.1) is 5.82 Å². The first-order chi connectivity index (χ1) is 15.3. The summed E-state index contributed by atoms with van der Waals surface area (Å²) in [6.07, 6.45) is 0.739. The van der Waals surface area contributed by atoms with Crippen molar-refractivity contribution < 1.29 is 27.1 Å². The molecule has 1 fully saturated rings. The lowest BCUT2D eigenvalue weighted by atomic mass is 10.2. The molecule has 3 rings (SSSR count). The summed E-state index contributed by atoms with van der Waals surface area (Å²) < 4.78 is 45.6.